The molecule has 0 atom stereocenters. The topological polar surface area (TPSA) is 66.5 Å². The molecular weight excluding hydrogens is 432 g/mol. The van der Waals surface area contributed by atoms with Crippen LogP contribution in [0.1, 0.15) is 11.1 Å². The van der Waals surface area contributed by atoms with Gasteiger partial charge in [-0.25, -0.2) is 0 Å². The van der Waals surface area contributed by atoms with E-state index >= 15 is 0 Å². The molecule has 0 spiro atoms. The molecule has 5 nitrogen and oxygen atoms in total. The molecular formula is C27H20N2O3S. The highest BCUT2D eigenvalue weighted by atomic mass is 32.2. The molecule has 1 fully saturated rings. The SMILES string of the molecule is O=C(CN1C(=O)S/C(=C\c2c3ccccc3cc3ccccc23)C1=O)NCc1ccccc1. The quantitative estimate of drug-likeness (QED) is 0.328. The Balaban J connectivity index is 1.41. The van der Waals surface area contributed by atoms with Crippen LogP contribution in [0.15, 0.2) is 89.8 Å². The number of benzene rings is 4. The van der Waals surface area contributed by atoms with E-state index in [1.807, 2.05) is 78.9 Å². The van der Waals surface area contributed by atoms with Gasteiger partial charge >= 0.3 is 0 Å². The lowest BCUT2D eigenvalue weighted by Gasteiger charge is -2.12. The molecule has 1 aliphatic rings. The maximum atomic E-state index is 13.0. The zero-order chi connectivity index (χ0) is 22.8. The van der Waals surface area contributed by atoms with Crippen LogP contribution < -0.4 is 5.32 Å². The molecule has 1 heterocycles. The molecule has 162 valence electrons. The van der Waals surface area contributed by atoms with E-state index in [0.717, 1.165) is 49.3 Å². The molecule has 0 bridgehead atoms. The number of nitrogens with zero attached hydrogens (tertiary/aromatic N) is 1. The standard InChI is InChI=1S/C27H20N2O3S/c30-25(28-16-18-8-2-1-3-9-18)17-29-26(31)24(33-27(29)32)15-23-21-12-6-4-10-19(21)14-20-11-5-7-13-22(20)23/h1-15H,16-17H2,(H,28,30)/b24-15-. The van der Waals surface area contributed by atoms with E-state index in [1.165, 1.54) is 0 Å². The first-order valence-electron chi connectivity index (χ1n) is 10.6. The Labute approximate surface area is 195 Å². The van der Waals surface area contributed by atoms with Crippen molar-refractivity contribution in [2.24, 2.45) is 0 Å². The van der Waals surface area contributed by atoms with Crippen molar-refractivity contribution in [1.29, 1.82) is 0 Å². The van der Waals surface area contributed by atoms with Crippen molar-refractivity contribution in [2.45, 2.75) is 6.54 Å². The summed E-state index contributed by atoms with van der Waals surface area (Å²) in [5.41, 5.74) is 1.84. The van der Waals surface area contributed by atoms with E-state index in [1.54, 1.807) is 6.08 Å². The lowest BCUT2D eigenvalue weighted by Crippen LogP contribution is -2.39. The van der Waals surface area contributed by atoms with E-state index in [9.17, 15) is 14.4 Å². The van der Waals surface area contributed by atoms with Crippen molar-refractivity contribution in [2.75, 3.05) is 6.54 Å². The third-order valence-corrected chi connectivity index (χ3v) is 6.50. The van der Waals surface area contributed by atoms with Crippen molar-refractivity contribution in [1.82, 2.24) is 10.2 Å². The number of carbonyl (C=O) groups is 3. The molecule has 3 amide bonds. The second-order valence-corrected chi connectivity index (χ2v) is 8.76. The van der Waals surface area contributed by atoms with Crippen LogP contribution in [0.3, 0.4) is 0 Å². The predicted octanol–water partition coefficient (Wildman–Crippen LogP) is 5.35. The number of rotatable bonds is 5. The lowest BCUT2D eigenvalue weighted by molar-refractivity contribution is -0.129. The molecule has 1 N–H and O–H groups in total. The Morgan fingerprint density at radius 2 is 1.45 bits per heavy atom. The van der Waals surface area contributed by atoms with Crippen LogP contribution in [-0.4, -0.2) is 28.5 Å². The average Bonchev–Trinajstić information content (AvgIpc) is 3.10. The number of amides is 3. The van der Waals surface area contributed by atoms with Crippen molar-refractivity contribution in [3.8, 4) is 0 Å². The molecule has 0 aliphatic carbocycles. The fourth-order valence-corrected chi connectivity index (χ4v) is 4.79. The lowest BCUT2D eigenvalue weighted by atomic mass is 9.96. The van der Waals surface area contributed by atoms with E-state index in [2.05, 4.69) is 11.4 Å². The third kappa shape index (κ3) is 4.25. The third-order valence-electron chi connectivity index (χ3n) is 5.60. The smallest absolute Gasteiger partial charge is 0.294 e. The van der Waals surface area contributed by atoms with Gasteiger partial charge in [-0.1, -0.05) is 78.9 Å². The number of thioether (sulfide) groups is 1. The summed E-state index contributed by atoms with van der Waals surface area (Å²) >= 11 is 0.869. The van der Waals surface area contributed by atoms with Crippen LogP contribution in [0.2, 0.25) is 0 Å². The maximum Gasteiger partial charge on any atom is 0.294 e. The summed E-state index contributed by atoms with van der Waals surface area (Å²) in [7, 11) is 0. The van der Waals surface area contributed by atoms with Crippen LogP contribution in [0.25, 0.3) is 27.6 Å². The van der Waals surface area contributed by atoms with Gasteiger partial charge in [-0.2, -0.15) is 0 Å². The van der Waals surface area contributed by atoms with Gasteiger partial charge in [-0.15, -0.1) is 0 Å². The second-order valence-electron chi connectivity index (χ2n) is 7.76. The fraction of sp³-hybridized carbons (Fsp3) is 0.0741. The first-order valence-corrected chi connectivity index (χ1v) is 11.4. The van der Waals surface area contributed by atoms with E-state index in [-0.39, 0.29) is 12.5 Å². The molecule has 0 saturated carbocycles. The predicted molar refractivity (Wildman–Crippen MR) is 132 cm³/mol. The minimum atomic E-state index is -0.447. The van der Waals surface area contributed by atoms with Gasteiger partial charge in [0.2, 0.25) is 5.91 Å². The first kappa shape index (κ1) is 21.0. The molecule has 6 heteroatoms. The van der Waals surface area contributed by atoms with Crippen LogP contribution >= 0.6 is 11.8 Å². The summed E-state index contributed by atoms with van der Waals surface area (Å²) in [4.78, 5) is 39.3. The van der Waals surface area contributed by atoms with E-state index < -0.39 is 11.1 Å². The van der Waals surface area contributed by atoms with Crippen molar-refractivity contribution in [3.63, 3.8) is 0 Å². The van der Waals surface area contributed by atoms with Gasteiger partial charge in [-0.05, 0) is 56.6 Å². The van der Waals surface area contributed by atoms with E-state index in [0.29, 0.717) is 11.4 Å². The Kier molecular flexibility index (Phi) is 5.67. The summed E-state index contributed by atoms with van der Waals surface area (Å²) in [5, 5.41) is 6.45. The Bertz CT molecular complexity index is 1380. The van der Waals surface area contributed by atoms with Gasteiger partial charge in [0.05, 0.1) is 4.91 Å². The number of imide groups is 1. The molecule has 0 radical (unpaired) electrons. The first-order chi connectivity index (χ1) is 16.1. The molecule has 33 heavy (non-hydrogen) atoms. The summed E-state index contributed by atoms with van der Waals surface area (Å²) in [6.07, 6.45) is 1.78. The summed E-state index contributed by atoms with van der Waals surface area (Å²) in [6.45, 7) is 0.0405. The minimum Gasteiger partial charge on any atom is -0.350 e. The van der Waals surface area contributed by atoms with Crippen molar-refractivity contribution < 1.29 is 14.4 Å². The Hall–Kier alpha value is -3.90. The van der Waals surface area contributed by atoms with Crippen molar-refractivity contribution in [3.05, 3.63) is 101 Å². The number of fused-ring (bicyclic) bond motifs is 2. The van der Waals surface area contributed by atoms with E-state index in [4.69, 9.17) is 0 Å². The molecule has 1 aliphatic heterocycles. The highest BCUT2D eigenvalue weighted by Gasteiger charge is 2.36. The number of hydrogen-bond donors (Lipinski definition) is 1. The molecule has 0 aromatic heterocycles. The normalized spacial score (nSPS) is 15.0. The zero-order valence-corrected chi connectivity index (χ0v) is 18.5. The van der Waals surface area contributed by atoms with Gasteiger partial charge in [0.1, 0.15) is 6.54 Å². The molecule has 0 unspecified atom stereocenters. The maximum absolute atomic E-state index is 13.0. The van der Waals surface area contributed by atoms with Crippen molar-refractivity contribution >= 4 is 56.4 Å². The van der Waals surface area contributed by atoms with Crippen LogP contribution in [0.4, 0.5) is 4.79 Å². The van der Waals surface area contributed by atoms with Crippen LogP contribution in [0.5, 0.6) is 0 Å². The zero-order valence-electron chi connectivity index (χ0n) is 17.7. The molecule has 1 saturated heterocycles. The highest BCUT2D eigenvalue weighted by molar-refractivity contribution is 8.18. The molecule has 4 aromatic carbocycles. The monoisotopic (exact) mass is 452 g/mol. The largest absolute Gasteiger partial charge is 0.350 e. The Morgan fingerprint density at radius 3 is 2.12 bits per heavy atom. The number of carbonyl (C=O) groups excluding carboxylic acids is 3. The fourth-order valence-electron chi connectivity index (χ4n) is 3.97. The molecule has 4 aromatic rings. The summed E-state index contributed by atoms with van der Waals surface area (Å²) in [5.74, 6) is -0.824. The summed E-state index contributed by atoms with van der Waals surface area (Å²) < 4.78 is 0. The van der Waals surface area contributed by atoms with Gasteiger partial charge in [-0.3, -0.25) is 19.3 Å². The molecule has 5 rings (SSSR count). The average molecular weight is 453 g/mol. The second kappa shape index (κ2) is 8.92. The highest BCUT2D eigenvalue weighted by Crippen LogP contribution is 2.36. The van der Waals surface area contributed by atoms with Crippen LogP contribution in [-0.2, 0) is 16.1 Å². The minimum absolute atomic E-state index is 0.300. The Morgan fingerprint density at radius 1 is 0.848 bits per heavy atom. The van der Waals surface area contributed by atoms with Gasteiger partial charge in [0.15, 0.2) is 0 Å². The number of nitrogens with one attached hydrogen (secondary N) is 1. The van der Waals surface area contributed by atoms with Gasteiger partial charge in [0.25, 0.3) is 11.1 Å². The van der Waals surface area contributed by atoms with Gasteiger partial charge < -0.3 is 5.32 Å². The number of hydrogen-bond acceptors (Lipinski definition) is 4. The van der Waals surface area contributed by atoms with Crippen LogP contribution in [0, 0.1) is 0 Å². The summed E-state index contributed by atoms with van der Waals surface area (Å²) in [6, 6.07) is 27.5. The van der Waals surface area contributed by atoms with Gasteiger partial charge in [0, 0.05) is 6.54 Å².